The highest BCUT2D eigenvalue weighted by Gasteiger charge is 2.15. The first-order valence-corrected chi connectivity index (χ1v) is 7.75. The van der Waals surface area contributed by atoms with Crippen molar-refractivity contribution in [2.24, 2.45) is 0 Å². The number of amides is 1. The number of thiazole rings is 1. The fraction of sp³-hybridized carbons (Fsp3) is 0.333. The van der Waals surface area contributed by atoms with Crippen molar-refractivity contribution in [3.8, 4) is 0 Å². The monoisotopic (exact) mass is 308 g/mol. The van der Waals surface area contributed by atoms with Crippen LogP contribution in [0.1, 0.15) is 21.8 Å². The third-order valence-electron chi connectivity index (χ3n) is 3.13. The Morgan fingerprint density at radius 3 is 2.75 bits per heavy atom. The van der Waals surface area contributed by atoms with E-state index in [4.69, 9.17) is 11.6 Å². The van der Waals surface area contributed by atoms with Crippen LogP contribution in [0.2, 0.25) is 0 Å². The highest BCUT2D eigenvalue weighted by atomic mass is 35.5. The lowest BCUT2D eigenvalue weighted by Gasteiger charge is -2.19. The van der Waals surface area contributed by atoms with Gasteiger partial charge in [-0.05, 0) is 25.5 Å². The summed E-state index contributed by atoms with van der Waals surface area (Å²) >= 11 is 7.20. The molecule has 0 saturated heterocycles. The van der Waals surface area contributed by atoms with E-state index in [1.165, 1.54) is 16.9 Å². The summed E-state index contributed by atoms with van der Waals surface area (Å²) in [7, 11) is 1.80. The molecule has 0 aliphatic heterocycles. The smallest absolute Gasteiger partial charge is 0.233 e. The average molecular weight is 309 g/mol. The van der Waals surface area contributed by atoms with Gasteiger partial charge < -0.3 is 4.90 Å². The zero-order chi connectivity index (χ0) is 14.7. The number of rotatable bonds is 4. The van der Waals surface area contributed by atoms with Crippen LogP contribution in [0.4, 0.5) is 5.69 Å². The Morgan fingerprint density at radius 2 is 2.15 bits per heavy atom. The van der Waals surface area contributed by atoms with Gasteiger partial charge >= 0.3 is 0 Å². The van der Waals surface area contributed by atoms with E-state index < -0.39 is 0 Å². The Morgan fingerprint density at radius 1 is 1.40 bits per heavy atom. The van der Waals surface area contributed by atoms with Crippen molar-refractivity contribution in [1.82, 2.24) is 4.98 Å². The number of carbonyl (C=O) groups is 1. The molecular weight excluding hydrogens is 292 g/mol. The summed E-state index contributed by atoms with van der Waals surface area (Å²) < 4.78 is 0. The minimum absolute atomic E-state index is 0.0347. The maximum Gasteiger partial charge on any atom is 0.233 e. The maximum atomic E-state index is 12.3. The maximum absolute atomic E-state index is 12.3. The quantitative estimate of drug-likeness (QED) is 0.807. The van der Waals surface area contributed by atoms with E-state index in [0.29, 0.717) is 12.3 Å². The number of hydrogen-bond donors (Lipinski definition) is 0. The van der Waals surface area contributed by atoms with Crippen molar-refractivity contribution in [2.45, 2.75) is 26.1 Å². The molecule has 0 atom stereocenters. The molecule has 0 aliphatic rings. The van der Waals surface area contributed by atoms with Gasteiger partial charge in [-0.1, -0.05) is 17.7 Å². The summed E-state index contributed by atoms with van der Waals surface area (Å²) in [6, 6.07) is 6.07. The molecule has 2 rings (SSSR count). The van der Waals surface area contributed by atoms with Gasteiger partial charge in [-0.2, -0.15) is 0 Å². The van der Waals surface area contributed by atoms with Crippen molar-refractivity contribution in [3.63, 3.8) is 0 Å². The number of nitrogens with zero attached hydrogens (tertiary/aromatic N) is 2. The first-order chi connectivity index (χ1) is 9.51. The molecule has 1 heterocycles. The lowest BCUT2D eigenvalue weighted by Crippen LogP contribution is -2.28. The lowest BCUT2D eigenvalue weighted by molar-refractivity contribution is -0.117. The average Bonchev–Trinajstić information content (AvgIpc) is 2.85. The Hall–Kier alpha value is -1.39. The molecule has 1 aromatic heterocycles. The van der Waals surface area contributed by atoms with Crippen LogP contribution in [-0.4, -0.2) is 17.9 Å². The molecule has 0 radical (unpaired) electrons. The van der Waals surface area contributed by atoms with E-state index in [2.05, 4.69) is 11.1 Å². The lowest BCUT2D eigenvalue weighted by atomic mass is 10.1. The number of benzene rings is 1. The van der Waals surface area contributed by atoms with Crippen molar-refractivity contribution in [1.29, 1.82) is 0 Å². The van der Waals surface area contributed by atoms with E-state index in [1.54, 1.807) is 11.9 Å². The van der Waals surface area contributed by atoms with Gasteiger partial charge in [0.05, 0.1) is 18.0 Å². The molecule has 1 aromatic carbocycles. The van der Waals surface area contributed by atoms with Crippen LogP contribution >= 0.6 is 22.9 Å². The van der Waals surface area contributed by atoms with Crippen LogP contribution in [0.15, 0.2) is 23.6 Å². The predicted molar refractivity (Wildman–Crippen MR) is 84.7 cm³/mol. The molecule has 0 aliphatic carbocycles. The summed E-state index contributed by atoms with van der Waals surface area (Å²) in [4.78, 5) is 18.3. The fourth-order valence-corrected chi connectivity index (χ4v) is 3.07. The molecule has 2 aromatic rings. The molecule has 0 unspecified atom stereocenters. The van der Waals surface area contributed by atoms with E-state index in [-0.39, 0.29) is 5.91 Å². The molecule has 5 heteroatoms. The highest BCUT2D eigenvalue weighted by Crippen LogP contribution is 2.21. The van der Waals surface area contributed by atoms with E-state index >= 15 is 0 Å². The largest absolute Gasteiger partial charge is 0.315 e. The third-order valence-corrected chi connectivity index (χ3v) is 4.30. The van der Waals surface area contributed by atoms with Crippen LogP contribution in [0.25, 0.3) is 0 Å². The van der Waals surface area contributed by atoms with Crippen LogP contribution in [0, 0.1) is 13.8 Å². The van der Waals surface area contributed by atoms with Gasteiger partial charge in [-0.25, -0.2) is 4.98 Å². The van der Waals surface area contributed by atoms with Gasteiger partial charge in [0.1, 0.15) is 5.01 Å². The van der Waals surface area contributed by atoms with Crippen molar-refractivity contribution in [3.05, 3.63) is 45.4 Å². The van der Waals surface area contributed by atoms with Crippen LogP contribution < -0.4 is 4.90 Å². The molecule has 20 heavy (non-hydrogen) atoms. The second kappa shape index (κ2) is 6.37. The number of alkyl halides is 1. The molecule has 0 spiro atoms. The van der Waals surface area contributed by atoms with Crippen molar-refractivity contribution >= 4 is 34.5 Å². The summed E-state index contributed by atoms with van der Waals surface area (Å²) in [5.74, 6) is 0.421. The molecule has 0 bridgehead atoms. The standard InChI is InChI=1S/C15H17ClN2OS/c1-10-4-5-13(11(2)6-10)18(3)15(19)7-14-17-12(8-16)9-20-14/h4-6,9H,7-8H2,1-3H3. The Bertz CT molecular complexity index is 624. The second-order valence-electron chi connectivity index (χ2n) is 4.79. The molecule has 106 valence electrons. The van der Waals surface area contributed by atoms with Crippen molar-refractivity contribution < 1.29 is 4.79 Å². The molecule has 3 nitrogen and oxygen atoms in total. The first-order valence-electron chi connectivity index (χ1n) is 6.34. The van der Waals surface area contributed by atoms with Crippen LogP contribution in [0.3, 0.4) is 0 Å². The summed E-state index contributed by atoms with van der Waals surface area (Å²) in [5.41, 5.74) is 4.06. The van der Waals surface area contributed by atoms with Crippen LogP contribution in [0.5, 0.6) is 0 Å². The van der Waals surface area contributed by atoms with Crippen LogP contribution in [-0.2, 0) is 17.1 Å². The predicted octanol–water partition coefficient (Wildman–Crippen LogP) is 3.70. The van der Waals surface area contributed by atoms with Gasteiger partial charge in [-0.3, -0.25) is 4.79 Å². The molecule has 0 fully saturated rings. The van der Waals surface area contributed by atoms with E-state index in [0.717, 1.165) is 22.0 Å². The Balaban J connectivity index is 2.12. The molecule has 0 saturated carbocycles. The summed E-state index contributed by atoms with van der Waals surface area (Å²) in [6.07, 6.45) is 0.311. The SMILES string of the molecule is Cc1ccc(N(C)C(=O)Cc2nc(CCl)cs2)c(C)c1. The van der Waals surface area contributed by atoms with Gasteiger partial charge in [-0.15, -0.1) is 22.9 Å². The van der Waals surface area contributed by atoms with Gasteiger partial charge in [0.15, 0.2) is 0 Å². The fourth-order valence-electron chi connectivity index (χ4n) is 2.06. The number of aryl methyl sites for hydroxylation is 2. The summed E-state index contributed by atoms with van der Waals surface area (Å²) in [6.45, 7) is 4.06. The van der Waals surface area contributed by atoms with E-state index in [1.807, 2.05) is 31.4 Å². The van der Waals surface area contributed by atoms with Crippen molar-refractivity contribution in [2.75, 3.05) is 11.9 Å². The zero-order valence-corrected chi connectivity index (χ0v) is 13.4. The third kappa shape index (κ3) is 3.38. The van der Waals surface area contributed by atoms with Gasteiger partial charge in [0, 0.05) is 18.1 Å². The minimum atomic E-state index is 0.0347. The summed E-state index contributed by atoms with van der Waals surface area (Å²) in [5, 5.41) is 2.70. The Labute approximate surface area is 128 Å². The van der Waals surface area contributed by atoms with E-state index in [9.17, 15) is 4.79 Å². The molecule has 0 N–H and O–H groups in total. The first kappa shape index (κ1) is 15.0. The number of anilines is 1. The normalized spacial score (nSPS) is 10.6. The van der Waals surface area contributed by atoms with Gasteiger partial charge in [0.25, 0.3) is 0 Å². The molecular formula is C15H17ClN2OS. The number of likely N-dealkylation sites (N-methyl/N-ethyl adjacent to an activating group) is 1. The number of aromatic nitrogens is 1. The van der Waals surface area contributed by atoms with Gasteiger partial charge in [0.2, 0.25) is 5.91 Å². The minimum Gasteiger partial charge on any atom is -0.315 e. The Kier molecular flexibility index (Phi) is 4.78. The number of halogens is 1. The number of carbonyl (C=O) groups excluding carboxylic acids is 1. The number of hydrogen-bond acceptors (Lipinski definition) is 3. The topological polar surface area (TPSA) is 33.2 Å². The highest BCUT2D eigenvalue weighted by molar-refractivity contribution is 7.09. The molecule has 1 amide bonds. The zero-order valence-electron chi connectivity index (χ0n) is 11.8. The second-order valence-corrected chi connectivity index (χ2v) is 6.00.